The number of carbonyl (C=O) groups is 1. The molecule has 1 aromatic carbocycles. The molecule has 0 aliphatic heterocycles. The van der Waals surface area contributed by atoms with Crippen LogP contribution in [0.5, 0.6) is 0 Å². The molecule has 0 saturated heterocycles. The lowest BCUT2D eigenvalue weighted by molar-refractivity contribution is -0.661. The number of quaternary nitrogens is 1. The van der Waals surface area contributed by atoms with Crippen LogP contribution in [-0.2, 0) is 11.3 Å². The van der Waals surface area contributed by atoms with Gasteiger partial charge in [0.05, 0.1) is 0 Å². The number of rotatable bonds is 4. The van der Waals surface area contributed by atoms with E-state index < -0.39 is 5.97 Å². The van der Waals surface area contributed by atoms with Crippen LogP contribution in [-0.4, -0.2) is 17.6 Å². The number of nitrogens with two attached hydrogens (primary N) is 1. The quantitative estimate of drug-likeness (QED) is 0.652. The molecule has 3 nitrogen and oxygen atoms in total. The molecule has 0 heterocycles. The summed E-state index contributed by atoms with van der Waals surface area (Å²) in [6.07, 6.45) is 0. The van der Waals surface area contributed by atoms with Crippen LogP contribution in [0.1, 0.15) is 5.56 Å². The van der Waals surface area contributed by atoms with Gasteiger partial charge < -0.3 is 10.4 Å². The van der Waals surface area contributed by atoms with Gasteiger partial charge in [-0.1, -0.05) is 30.3 Å². The Hall–Kier alpha value is -1.35. The molecule has 0 radical (unpaired) electrons. The molecule has 0 fully saturated rings. The zero-order chi connectivity index (χ0) is 8.81. The van der Waals surface area contributed by atoms with E-state index in [0.717, 1.165) is 12.1 Å². The molecule has 0 unspecified atom stereocenters. The molecule has 3 N–H and O–H groups in total. The number of carboxylic acids is 1. The summed E-state index contributed by atoms with van der Waals surface area (Å²) in [5.41, 5.74) is 1.15. The lowest BCUT2D eigenvalue weighted by atomic mass is 10.2. The summed E-state index contributed by atoms with van der Waals surface area (Å²) < 4.78 is 0. The molecule has 64 valence electrons. The van der Waals surface area contributed by atoms with Crippen LogP contribution in [0.2, 0.25) is 0 Å². The smallest absolute Gasteiger partial charge is 0.359 e. The molecule has 3 heteroatoms. The van der Waals surface area contributed by atoms with Crippen molar-refractivity contribution in [3.8, 4) is 0 Å². The molecule has 0 aromatic heterocycles. The first-order chi connectivity index (χ1) is 5.79. The van der Waals surface area contributed by atoms with Crippen molar-refractivity contribution in [3.63, 3.8) is 0 Å². The molecule has 0 amide bonds. The van der Waals surface area contributed by atoms with E-state index in [1.54, 1.807) is 5.32 Å². The van der Waals surface area contributed by atoms with Crippen molar-refractivity contribution >= 4 is 5.97 Å². The minimum Gasteiger partial charge on any atom is -0.477 e. The van der Waals surface area contributed by atoms with E-state index in [9.17, 15) is 4.79 Å². The maximum absolute atomic E-state index is 10.2. The van der Waals surface area contributed by atoms with Crippen molar-refractivity contribution in [2.24, 2.45) is 0 Å². The van der Waals surface area contributed by atoms with Crippen molar-refractivity contribution in [1.29, 1.82) is 0 Å². The predicted molar refractivity (Wildman–Crippen MR) is 44.6 cm³/mol. The Morgan fingerprint density at radius 2 is 2.00 bits per heavy atom. The molecule has 1 rings (SSSR count). The van der Waals surface area contributed by atoms with Gasteiger partial charge in [-0.2, -0.15) is 0 Å². The average Bonchev–Trinajstić information content (AvgIpc) is 2.05. The third-order valence-electron chi connectivity index (χ3n) is 1.54. The predicted octanol–water partition coefficient (Wildman–Crippen LogP) is -0.165. The second-order valence-corrected chi connectivity index (χ2v) is 2.58. The maximum Gasteiger partial charge on any atom is 0.359 e. The van der Waals surface area contributed by atoms with Gasteiger partial charge in [0.2, 0.25) is 0 Å². The monoisotopic (exact) mass is 166 g/mol. The van der Waals surface area contributed by atoms with Crippen LogP contribution < -0.4 is 5.32 Å². The van der Waals surface area contributed by atoms with Crippen molar-refractivity contribution in [2.75, 3.05) is 6.54 Å². The van der Waals surface area contributed by atoms with Gasteiger partial charge in [0.25, 0.3) is 0 Å². The molecular weight excluding hydrogens is 154 g/mol. The second-order valence-electron chi connectivity index (χ2n) is 2.58. The fourth-order valence-electron chi connectivity index (χ4n) is 0.976. The minimum atomic E-state index is -0.772. The van der Waals surface area contributed by atoms with Crippen LogP contribution >= 0.6 is 0 Å². The third-order valence-corrected chi connectivity index (χ3v) is 1.54. The van der Waals surface area contributed by atoms with E-state index in [-0.39, 0.29) is 6.54 Å². The molecule has 0 atom stereocenters. The molecule has 0 aliphatic rings. The molecule has 0 bridgehead atoms. The van der Waals surface area contributed by atoms with Crippen LogP contribution in [0.15, 0.2) is 30.3 Å². The third kappa shape index (κ3) is 3.16. The highest BCUT2D eigenvalue weighted by atomic mass is 16.4. The Morgan fingerprint density at radius 1 is 1.33 bits per heavy atom. The number of hydrogen-bond donors (Lipinski definition) is 2. The van der Waals surface area contributed by atoms with Crippen LogP contribution in [0.25, 0.3) is 0 Å². The van der Waals surface area contributed by atoms with Crippen molar-refractivity contribution in [3.05, 3.63) is 35.9 Å². The van der Waals surface area contributed by atoms with Crippen molar-refractivity contribution in [1.82, 2.24) is 0 Å². The van der Waals surface area contributed by atoms with E-state index >= 15 is 0 Å². The molecular formula is C9H12NO2+. The Balaban J connectivity index is 2.29. The van der Waals surface area contributed by atoms with Gasteiger partial charge in [-0.3, -0.25) is 0 Å². The van der Waals surface area contributed by atoms with Crippen molar-refractivity contribution < 1.29 is 15.2 Å². The first-order valence-electron chi connectivity index (χ1n) is 3.86. The normalized spacial score (nSPS) is 9.67. The van der Waals surface area contributed by atoms with E-state index in [1.165, 1.54) is 0 Å². The Labute approximate surface area is 71.0 Å². The van der Waals surface area contributed by atoms with Gasteiger partial charge in [0, 0.05) is 5.56 Å². The fraction of sp³-hybridized carbons (Fsp3) is 0.222. The Morgan fingerprint density at radius 3 is 2.58 bits per heavy atom. The van der Waals surface area contributed by atoms with E-state index in [2.05, 4.69) is 0 Å². The molecule has 1 aromatic rings. The number of carboxylic acid groups (broad SMARTS) is 1. The number of aliphatic carboxylic acids is 1. The van der Waals surface area contributed by atoms with Gasteiger partial charge in [-0.15, -0.1) is 0 Å². The largest absolute Gasteiger partial charge is 0.477 e. The van der Waals surface area contributed by atoms with Gasteiger partial charge in [0.15, 0.2) is 6.54 Å². The topological polar surface area (TPSA) is 53.9 Å². The summed E-state index contributed by atoms with van der Waals surface area (Å²) in [6, 6.07) is 9.81. The number of hydrogen-bond acceptors (Lipinski definition) is 1. The summed E-state index contributed by atoms with van der Waals surface area (Å²) in [5.74, 6) is -0.772. The van der Waals surface area contributed by atoms with Crippen LogP contribution in [0.3, 0.4) is 0 Å². The Kier molecular flexibility index (Phi) is 3.29. The van der Waals surface area contributed by atoms with E-state index in [1.807, 2.05) is 30.3 Å². The summed E-state index contributed by atoms with van der Waals surface area (Å²) in [7, 11) is 0. The standard InChI is InChI=1S/C9H11NO2/c11-9(12)7-10-6-8-4-2-1-3-5-8/h1-5,10H,6-7H2,(H,11,12)/p+1. The highest BCUT2D eigenvalue weighted by Gasteiger charge is 1.98. The average molecular weight is 166 g/mol. The molecule has 0 aliphatic carbocycles. The summed E-state index contributed by atoms with van der Waals surface area (Å²) in [5, 5.41) is 10.1. The summed E-state index contributed by atoms with van der Waals surface area (Å²) in [6.45, 7) is 0.863. The SMILES string of the molecule is O=C(O)C[NH2+]Cc1ccccc1. The lowest BCUT2D eigenvalue weighted by Crippen LogP contribution is -2.84. The maximum atomic E-state index is 10.2. The van der Waals surface area contributed by atoms with Crippen LogP contribution in [0, 0.1) is 0 Å². The van der Waals surface area contributed by atoms with Gasteiger partial charge in [0.1, 0.15) is 6.54 Å². The molecule has 0 saturated carbocycles. The first-order valence-corrected chi connectivity index (χ1v) is 3.86. The van der Waals surface area contributed by atoms with E-state index in [0.29, 0.717) is 0 Å². The molecule has 12 heavy (non-hydrogen) atoms. The minimum absolute atomic E-state index is 0.134. The van der Waals surface area contributed by atoms with Crippen LogP contribution in [0.4, 0.5) is 0 Å². The Bertz CT molecular complexity index is 246. The zero-order valence-corrected chi connectivity index (χ0v) is 6.73. The number of benzene rings is 1. The van der Waals surface area contributed by atoms with E-state index in [4.69, 9.17) is 5.11 Å². The summed E-state index contributed by atoms with van der Waals surface area (Å²) in [4.78, 5) is 10.2. The molecule has 0 spiro atoms. The lowest BCUT2D eigenvalue weighted by Gasteiger charge is -1.97. The highest BCUT2D eigenvalue weighted by Crippen LogP contribution is 1.93. The highest BCUT2D eigenvalue weighted by molar-refractivity contribution is 5.67. The van der Waals surface area contributed by atoms with Gasteiger partial charge in [-0.05, 0) is 0 Å². The zero-order valence-electron chi connectivity index (χ0n) is 6.73. The first kappa shape index (κ1) is 8.74. The summed E-state index contributed by atoms with van der Waals surface area (Å²) >= 11 is 0. The van der Waals surface area contributed by atoms with Gasteiger partial charge >= 0.3 is 5.97 Å². The fourth-order valence-corrected chi connectivity index (χ4v) is 0.976. The second kappa shape index (κ2) is 4.51. The van der Waals surface area contributed by atoms with Gasteiger partial charge in [-0.25, -0.2) is 4.79 Å². The van der Waals surface area contributed by atoms with Crippen molar-refractivity contribution in [2.45, 2.75) is 6.54 Å².